The molecule has 1 aliphatic heterocycles. The fourth-order valence-corrected chi connectivity index (χ4v) is 4.66. The Hall–Kier alpha value is -2.85. The Kier molecular flexibility index (Phi) is 6.32. The molecule has 0 aromatic heterocycles. The van der Waals surface area contributed by atoms with Gasteiger partial charge in [-0.1, -0.05) is 30.3 Å². The molecule has 3 rings (SSSR count). The molecule has 2 aromatic rings. The molecule has 0 bridgehead atoms. The zero-order chi connectivity index (χ0) is 20.0. The van der Waals surface area contributed by atoms with E-state index < -0.39 is 21.5 Å². The van der Waals surface area contributed by atoms with Crippen LogP contribution in [0.3, 0.4) is 0 Å². The fraction of sp³-hybridized carbons (Fsp3) is 0.333. The highest BCUT2D eigenvalue weighted by atomic mass is 32.2. The predicted octanol–water partition coefficient (Wildman–Crippen LogP) is 2.39. The van der Waals surface area contributed by atoms with Crippen molar-refractivity contribution in [2.75, 3.05) is 23.7 Å². The molecule has 1 fully saturated rings. The van der Waals surface area contributed by atoms with Gasteiger partial charge in [-0.3, -0.25) is 4.79 Å². The summed E-state index contributed by atoms with van der Waals surface area (Å²) in [7, 11) is -3.59. The molecule has 0 aliphatic carbocycles. The van der Waals surface area contributed by atoms with Crippen LogP contribution in [0.25, 0.3) is 0 Å². The van der Waals surface area contributed by atoms with E-state index in [1.165, 1.54) is 0 Å². The summed E-state index contributed by atoms with van der Waals surface area (Å²) in [5.41, 5.74) is 3.12. The minimum atomic E-state index is -3.59. The van der Waals surface area contributed by atoms with Crippen LogP contribution in [0.4, 0.5) is 5.69 Å². The summed E-state index contributed by atoms with van der Waals surface area (Å²) in [6, 6.07) is 16.2. The molecule has 6 nitrogen and oxygen atoms in total. The maximum Gasteiger partial charge on any atom is 0.235 e. The lowest BCUT2D eigenvalue weighted by Gasteiger charge is -2.21. The van der Waals surface area contributed by atoms with Gasteiger partial charge >= 0.3 is 0 Å². The summed E-state index contributed by atoms with van der Waals surface area (Å²) in [5, 5.41) is 11.5. The maximum absolute atomic E-state index is 12.3. The molecule has 0 radical (unpaired) electrons. The number of hydrogen-bond acceptors (Lipinski definition) is 5. The van der Waals surface area contributed by atoms with E-state index in [2.05, 4.69) is 10.2 Å². The number of nitrogens with zero attached hydrogens (tertiary/aromatic N) is 2. The van der Waals surface area contributed by atoms with Crippen molar-refractivity contribution >= 4 is 21.4 Å². The molecule has 1 amide bonds. The van der Waals surface area contributed by atoms with Gasteiger partial charge in [0.05, 0.1) is 17.4 Å². The van der Waals surface area contributed by atoms with Gasteiger partial charge in [0.1, 0.15) is 5.75 Å². The number of para-hydroxylation sites is 1. The molecule has 0 spiro atoms. The van der Waals surface area contributed by atoms with E-state index in [0.717, 1.165) is 37.2 Å². The summed E-state index contributed by atoms with van der Waals surface area (Å²) >= 11 is 0. The Balaban J connectivity index is 1.57. The molecular weight excluding hydrogens is 374 g/mol. The zero-order valence-corrected chi connectivity index (χ0v) is 16.4. The molecular formula is C21H23N3O3S. The van der Waals surface area contributed by atoms with Gasteiger partial charge in [0, 0.05) is 25.3 Å². The third-order valence-corrected chi connectivity index (χ3v) is 6.21. The number of rotatable bonds is 7. The smallest absolute Gasteiger partial charge is 0.235 e. The Morgan fingerprint density at radius 2 is 1.75 bits per heavy atom. The van der Waals surface area contributed by atoms with Crippen LogP contribution < -0.4 is 10.2 Å². The van der Waals surface area contributed by atoms with Gasteiger partial charge in [0.15, 0.2) is 9.84 Å². The molecule has 0 atom stereocenters. The van der Waals surface area contributed by atoms with Gasteiger partial charge in [-0.2, -0.15) is 5.26 Å². The first-order valence-corrected chi connectivity index (χ1v) is 11.1. The summed E-state index contributed by atoms with van der Waals surface area (Å²) in [6.45, 7) is 2.31. The molecule has 7 heteroatoms. The van der Waals surface area contributed by atoms with E-state index in [0.29, 0.717) is 17.7 Å². The zero-order valence-electron chi connectivity index (χ0n) is 15.6. The summed E-state index contributed by atoms with van der Waals surface area (Å²) in [5.74, 6) is -1.29. The predicted molar refractivity (Wildman–Crippen MR) is 108 cm³/mol. The maximum atomic E-state index is 12.3. The van der Waals surface area contributed by atoms with Gasteiger partial charge in [-0.25, -0.2) is 8.42 Å². The first-order valence-electron chi connectivity index (χ1n) is 9.26. The molecule has 28 heavy (non-hydrogen) atoms. The standard InChI is InChI=1S/C21H23N3O3S/c22-13-17-7-9-18(10-8-17)15-28(26,27)16-21(25)23-14-19-5-1-2-6-20(19)24-11-3-4-12-24/h1-2,5-10H,3-4,11-12,14-16H2,(H,23,25). The lowest BCUT2D eigenvalue weighted by atomic mass is 10.1. The Morgan fingerprint density at radius 3 is 2.43 bits per heavy atom. The molecule has 1 aliphatic rings. The first-order chi connectivity index (χ1) is 13.5. The number of hydrogen-bond donors (Lipinski definition) is 1. The van der Waals surface area contributed by atoms with Gasteiger partial charge in [0.2, 0.25) is 5.91 Å². The van der Waals surface area contributed by atoms with Crippen molar-refractivity contribution in [1.29, 1.82) is 5.26 Å². The number of benzene rings is 2. The third kappa shape index (κ3) is 5.33. The topological polar surface area (TPSA) is 90.3 Å². The van der Waals surface area contributed by atoms with E-state index in [1.807, 2.05) is 30.3 Å². The van der Waals surface area contributed by atoms with Gasteiger partial charge < -0.3 is 10.2 Å². The fourth-order valence-electron chi connectivity index (χ4n) is 3.35. The number of carbonyl (C=O) groups is 1. The largest absolute Gasteiger partial charge is 0.371 e. The highest BCUT2D eigenvalue weighted by Crippen LogP contribution is 2.24. The van der Waals surface area contributed by atoms with Crippen LogP contribution >= 0.6 is 0 Å². The minimum Gasteiger partial charge on any atom is -0.371 e. The Bertz CT molecular complexity index is 973. The van der Waals surface area contributed by atoms with Crippen LogP contribution in [-0.2, 0) is 26.9 Å². The average Bonchev–Trinajstić information content (AvgIpc) is 3.21. The quantitative estimate of drug-likeness (QED) is 0.775. The third-order valence-electron chi connectivity index (χ3n) is 4.73. The van der Waals surface area contributed by atoms with Crippen molar-refractivity contribution in [3.63, 3.8) is 0 Å². The summed E-state index contributed by atoms with van der Waals surface area (Å²) < 4.78 is 24.6. The van der Waals surface area contributed by atoms with Crippen molar-refractivity contribution in [1.82, 2.24) is 5.32 Å². The van der Waals surface area contributed by atoms with Crippen molar-refractivity contribution in [2.24, 2.45) is 0 Å². The average molecular weight is 398 g/mol. The number of nitrogens with one attached hydrogen (secondary N) is 1. The van der Waals surface area contributed by atoms with Crippen LogP contribution in [0.5, 0.6) is 0 Å². The van der Waals surface area contributed by atoms with Crippen molar-refractivity contribution < 1.29 is 13.2 Å². The minimum absolute atomic E-state index is 0.226. The Morgan fingerprint density at radius 1 is 1.07 bits per heavy atom. The number of sulfone groups is 1. The monoisotopic (exact) mass is 397 g/mol. The molecule has 0 saturated carbocycles. The van der Waals surface area contributed by atoms with E-state index in [4.69, 9.17) is 5.26 Å². The lowest BCUT2D eigenvalue weighted by molar-refractivity contribution is -0.118. The van der Waals surface area contributed by atoms with Gasteiger partial charge in [0.25, 0.3) is 0 Å². The molecule has 2 aromatic carbocycles. The highest BCUT2D eigenvalue weighted by molar-refractivity contribution is 7.91. The first kappa shape index (κ1) is 19.9. The highest BCUT2D eigenvalue weighted by Gasteiger charge is 2.19. The van der Waals surface area contributed by atoms with Crippen LogP contribution in [0.2, 0.25) is 0 Å². The normalized spacial score (nSPS) is 13.9. The van der Waals surface area contributed by atoms with Crippen LogP contribution in [0.1, 0.15) is 29.5 Å². The van der Waals surface area contributed by atoms with Gasteiger partial charge in [-0.05, 0) is 42.2 Å². The van der Waals surface area contributed by atoms with E-state index in [9.17, 15) is 13.2 Å². The molecule has 1 saturated heterocycles. The number of amides is 1. The van der Waals surface area contributed by atoms with Gasteiger partial charge in [-0.15, -0.1) is 0 Å². The summed E-state index contributed by atoms with van der Waals surface area (Å²) in [6.07, 6.45) is 2.32. The Labute approximate surface area is 165 Å². The molecule has 1 N–H and O–H groups in total. The molecule has 1 heterocycles. The van der Waals surface area contributed by atoms with Crippen LogP contribution in [-0.4, -0.2) is 33.2 Å². The lowest BCUT2D eigenvalue weighted by Crippen LogP contribution is -2.31. The number of nitriles is 1. The SMILES string of the molecule is N#Cc1ccc(CS(=O)(=O)CC(=O)NCc2ccccc2N2CCCC2)cc1. The van der Waals surface area contributed by atoms with Crippen molar-refractivity contribution in [3.8, 4) is 6.07 Å². The number of anilines is 1. The number of carbonyl (C=O) groups excluding carboxylic acids is 1. The van der Waals surface area contributed by atoms with Crippen LogP contribution in [0, 0.1) is 11.3 Å². The second-order valence-electron chi connectivity index (χ2n) is 6.94. The van der Waals surface area contributed by atoms with Crippen molar-refractivity contribution in [2.45, 2.75) is 25.1 Å². The van der Waals surface area contributed by atoms with E-state index in [1.54, 1.807) is 24.3 Å². The second kappa shape index (κ2) is 8.89. The summed E-state index contributed by atoms with van der Waals surface area (Å²) in [4.78, 5) is 14.5. The molecule has 0 unspecified atom stereocenters. The van der Waals surface area contributed by atoms with E-state index >= 15 is 0 Å². The molecule has 146 valence electrons. The van der Waals surface area contributed by atoms with E-state index in [-0.39, 0.29) is 5.75 Å². The van der Waals surface area contributed by atoms with Crippen LogP contribution in [0.15, 0.2) is 48.5 Å². The van der Waals surface area contributed by atoms with Crippen molar-refractivity contribution in [3.05, 3.63) is 65.2 Å². The second-order valence-corrected chi connectivity index (χ2v) is 9.01.